The molecule has 0 amide bonds. The highest BCUT2D eigenvalue weighted by molar-refractivity contribution is 14.0. The Morgan fingerprint density at radius 2 is 1.94 bits per heavy atom. The van der Waals surface area contributed by atoms with Crippen molar-refractivity contribution in [1.82, 2.24) is 10.6 Å². The third-order valence-corrected chi connectivity index (χ3v) is 3.45. The van der Waals surface area contributed by atoms with E-state index in [1.54, 1.807) is 0 Å². The van der Waals surface area contributed by atoms with Crippen LogP contribution in [0.2, 0.25) is 0 Å². The normalized spacial score (nSPS) is 17.3. The third kappa shape index (κ3) is 8.16. The van der Waals surface area contributed by atoms with Gasteiger partial charge in [0.05, 0.1) is 0 Å². The topological polar surface area (TPSA) is 36.4 Å². The van der Waals surface area contributed by atoms with Gasteiger partial charge >= 0.3 is 0 Å². The summed E-state index contributed by atoms with van der Waals surface area (Å²) in [6.45, 7) is 10.7. The molecule has 1 fully saturated rings. The maximum absolute atomic E-state index is 4.63. The first-order valence-electron chi connectivity index (χ1n) is 7.18. The van der Waals surface area contributed by atoms with Crippen LogP contribution < -0.4 is 10.6 Å². The van der Waals surface area contributed by atoms with Gasteiger partial charge in [-0.3, -0.25) is 4.99 Å². The molecular weight excluding hydrogens is 337 g/mol. The van der Waals surface area contributed by atoms with Crippen LogP contribution in [0.5, 0.6) is 0 Å². The molecule has 0 aromatic heterocycles. The van der Waals surface area contributed by atoms with E-state index in [0.29, 0.717) is 12.0 Å². The van der Waals surface area contributed by atoms with Crippen molar-refractivity contribution in [3.8, 4) is 0 Å². The van der Waals surface area contributed by atoms with E-state index in [9.17, 15) is 0 Å². The lowest BCUT2D eigenvalue weighted by atomic mass is 10.1. The smallest absolute Gasteiger partial charge is 0.191 e. The molecule has 3 nitrogen and oxygen atoms in total. The molecule has 108 valence electrons. The molecule has 0 aromatic carbocycles. The van der Waals surface area contributed by atoms with E-state index < -0.39 is 0 Å². The Morgan fingerprint density at radius 3 is 2.44 bits per heavy atom. The molecule has 1 unspecified atom stereocenters. The summed E-state index contributed by atoms with van der Waals surface area (Å²) in [7, 11) is 0. The summed E-state index contributed by atoms with van der Waals surface area (Å²) in [5, 5.41) is 6.77. The maximum Gasteiger partial charge on any atom is 0.191 e. The second kappa shape index (κ2) is 9.87. The van der Waals surface area contributed by atoms with Gasteiger partial charge in [0.15, 0.2) is 5.96 Å². The highest BCUT2D eigenvalue weighted by Gasteiger charge is 2.19. The third-order valence-electron chi connectivity index (χ3n) is 3.45. The van der Waals surface area contributed by atoms with Crippen LogP contribution in [0.4, 0.5) is 0 Å². The van der Waals surface area contributed by atoms with Gasteiger partial charge in [-0.2, -0.15) is 0 Å². The second-order valence-corrected chi connectivity index (χ2v) is 5.52. The SMILES string of the molecule is CCNC(=NCCCC1CC1)NC(C)C(C)C.I. The number of nitrogens with zero attached hydrogens (tertiary/aromatic N) is 1. The first kappa shape index (κ1) is 18.0. The number of nitrogens with one attached hydrogen (secondary N) is 2. The molecule has 0 saturated heterocycles. The van der Waals surface area contributed by atoms with E-state index in [2.05, 4.69) is 43.3 Å². The Kier molecular flexibility index (Phi) is 9.87. The van der Waals surface area contributed by atoms with Crippen LogP contribution in [0.15, 0.2) is 4.99 Å². The average molecular weight is 367 g/mol. The highest BCUT2D eigenvalue weighted by atomic mass is 127. The van der Waals surface area contributed by atoms with Gasteiger partial charge in [-0.15, -0.1) is 24.0 Å². The van der Waals surface area contributed by atoms with Gasteiger partial charge in [0.1, 0.15) is 0 Å². The number of hydrogen-bond donors (Lipinski definition) is 2. The lowest BCUT2D eigenvalue weighted by molar-refractivity contribution is 0.480. The van der Waals surface area contributed by atoms with Crippen molar-refractivity contribution >= 4 is 29.9 Å². The van der Waals surface area contributed by atoms with E-state index in [-0.39, 0.29) is 24.0 Å². The lowest BCUT2D eigenvalue weighted by Gasteiger charge is -2.20. The summed E-state index contributed by atoms with van der Waals surface area (Å²) in [5.74, 6) is 2.63. The molecule has 18 heavy (non-hydrogen) atoms. The minimum atomic E-state index is 0. The van der Waals surface area contributed by atoms with Crippen LogP contribution in [0.25, 0.3) is 0 Å². The van der Waals surface area contributed by atoms with E-state index in [0.717, 1.165) is 25.0 Å². The van der Waals surface area contributed by atoms with Crippen LogP contribution in [0, 0.1) is 11.8 Å². The largest absolute Gasteiger partial charge is 0.357 e. The lowest BCUT2D eigenvalue weighted by Crippen LogP contribution is -2.44. The molecule has 1 rings (SSSR count). The summed E-state index contributed by atoms with van der Waals surface area (Å²) in [4.78, 5) is 4.63. The van der Waals surface area contributed by atoms with Gasteiger partial charge in [0, 0.05) is 19.1 Å². The zero-order valence-corrected chi connectivity index (χ0v) is 14.7. The molecule has 0 bridgehead atoms. The Labute approximate surface area is 130 Å². The van der Waals surface area contributed by atoms with Crippen LogP contribution in [0.1, 0.15) is 53.4 Å². The summed E-state index contributed by atoms with van der Waals surface area (Å²) < 4.78 is 0. The maximum atomic E-state index is 4.63. The fourth-order valence-electron chi connectivity index (χ4n) is 1.68. The Balaban J connectivity index is 0.00000289. The number of aliphatic imine (C=N–C) groups is 1. The van der Waals surface area contributed by atoms with Crippen LogP contribution >= 0.6 is 24.0 Å². The highest BCUT2D eigenvalue weighted by Crippen LogP contribution is 2.33. The quantitative estimate of drug-likeness (QED) is 0.313. The second-order valence-electron chi connectivity index (χ2n) is 5.52. The Hall–Kier alpha value is 0. The zero-order valence-electron chi connectivity index (χ0n) is 12.3. The molecule has 0 aromatic rings. The van der Waals surface area contributed by atoms with Crippen molar-refractivity contribution < 1.29 is 0 Å². The fourth-order valence-corrected chi connectivity index (χ4v) is 1.68. The molecule has 4 heteroatoms. The first-order chi connectivity index (χ1) is 8.13. The molecule has 0 aliphatic heterocycles. The van der Waals surface area contributed by atoms with Crippen molar-refractivity contribution in [2.45, 2.75) is 59.4 Å². The van der Waals surface area contributed by atoms with E-state index in [4.69, 9.17) is 0 Å². The molecule has 0 spiro atoms. The van der Waals surface area contributed by atoms with Crippen molar-refractivity contribution in [3.05, 3.63) is 0 Å². The minimum Gasteiger partial charge on any atom is -0.357 e. The predicted molar refractivity (Wildman–Crippen MR) is 90.8 cm³/mol. The van der Waals surface area contributed by atoms with Gasteiger partial charge in [-0.25, -0.2) is 0 Å². The monoisotopic (exact) mass is 367 g/mol. The standard InChI is InChI=1S/C14H29N3.HI/c1-5-15-14(17-12(4)11(2)3)16-10-6-7-13-8-9-13;/h11-13H,5-10H2,1-4H3,(H2,15,16,17);1H. The molecule has 1 aliphatic rings. The molecule has 1 saturated carbocycles. The van der Waals surface area contributed by atoms with Crippen molar-refractivity contribution in [1.29, 1.82) is 0 Å². The van der Waals surface area contributed by atoms with Gasteiger partial charge in [-0.1, -0.05) is 26.7 Å². The molecule has 1 aliphatic carbocycles. The number of rotatable bonds is 7. The summed E-state index contributed by atoms with van der Waals surface area (Å²) in [6.07, 6.45) is 5.50. The molecule has 2 N–H and O–H groups in total. The fraction of sp³-hybridized carbons (Fsp3) is 0.929. The van der Waals surface area contributed by atoms with Crippen LogP contribution in [0.3, 0.4) is 0 Å². The van der Waals surface area contributed by atoms with Crippen molar-refractivity contribution in [2.24, 2.45) is 16.8 Å². The van der Waals surface area contributed by atoms with E-state index in [1.807, 2.05) is 0 Å². The minimum absolute atomic E-state index is 0. The van der Waals surface area contributed by atoms with Gasteiger partial charge in [0.25, 0.3) is 0 Å². The van der Waals surface area contributed by atoms with Crippen LogP contribution in [-0.2, 0) is 0 Å². The van der Waals surface area contributed by atoms with Crippen molar-refractivity contribution in [2.75, 3.05) is 13.1 Å². The van der Waals surface area contributed by atoms with Gasteiger partial charge in [0.2, 0.25) is 0 Å². The number of halogens is 1. The predicted octanol–water partition coefficient (Wildman–Crippen LogP) is 3.39. The van der Waals surface area contributed by atoms with Crippen LogP contribution in [-0.4, -0.2) is 25.1 Å². The Bertz CT molecular complexity index is 237. The van der Waals surface area contributed by atoms with E-state index in [1.165, 1.54) is 25.7 Å². The molecule has 0 heterocycles. The van der Waals surface area contributed by atoms with Gasteiger partial charge in [-0.05, 0) is 38.5 Å². The Morgan fingerprint density at radius 1 is 1.28 bits per heavy atom. The van der Waals surface area contributed by atoms with Gasteiger partial charge < -0.3 is 10.6 Å². The molecular formula is C14H30IN3. The molecule has 1 atom stereocenters. The van der Waals surface area contributed by atoms with E-state index >= 15 is 0 Å². The summed E-state index contributed by atoms with van der Waals surface area (Å²) >= 11 is 0. The number of guanidine groups is 1. The average Bonchev–Trinajstić information content (AvgIpc) is 3.08. The number of hydrogen-bond acceptors (Lipinski definition) is 1. The summed E-state index contributed by atoms with van der Waals surface area (Å²) in [5.41, 5.74) is 0. The first-order valence-corrected chi connectivity index (χ1v) is 7.18. The van der Waals surface area contributed by atoms with Crippen molar-refractivity contribution in [3.63, 3.8) is 0 Å². The zero-order chi connectivity index (χ0) is 12.7. The molecule has 0 radical (unpaired) electrons. The summed E-state index contributed by atoms with van der Waals surface area (Å²) in [6, 6.07) is 0.469.